The third-order valence-electron chi connectivity index (χ3n) is 8.02. The molecular weight excluding hydrogens is 451 g/mol. The minimum Gasteiger partial charge on any atom is -0.495 e. The number of rotatable bonds is 4. The molecule has 3 unspecified atom stereocenters. The molecule has 178 valence electrons. The molecule has 2 heterocycles. The van der Waals surface area contributed by atoms with Crippen molar-refractivity contribution in [2.45, 2.75) is 42.9 Å². The molecule has 1 saturated heterocycles. The number of halogens is 1. The van der Waals surface area contributed by atoms with Gasteiger partial charge in [0.15, 0.2) is 0 Å². The van der Waals surface area contributed by atoms with Gasteiger partial charge < -0.3 is 20.3 Å². The van der Waals surface area contributed by atoms with E-state index in [1.807, 2.05) is 24.3 Å². The predicted octanol–water partition coefficient (Wildman–Crippen LogP) is 2.74. The molecule has 8 nitrogen and oxygen atoms in total. The third kappa shape index (κ3) is 2.99. The first kappa shape index (κ1) is 21.6. The molecule has 2 aromatic rings. The Morgan fingerprint density at radius 3 is 2.83 bits per heavy atom. The Kier molecular flexibility index (Phi) is 4.65. The molecule has 2 aliphatic heterocycles. The van der Waals surface area contributed by atoms with Gasteiger partial charge in [0, 0.05) is 11.8 Å². The zero-order valence-corrected chi connectivity index (χ0v) is 19.0. The fourth-order valence-corrected chi connectivity index (χ4v) is 6.32. The van der Waals surface area contributed by atoms with Crippen LogP contribution in [0.1, 0.15) is 30.4 Å². The first-order chi connectivity index (χ1) is 16.9. The number of likely N-dealkylation sites (tertiary alicyclic amines) is 1. The molecule has 2 saturated carbocycles. The summed E-state index contributed by atoms with van der Waals surface area (Å²) >= 11 is 0. The van der Waals surface area contributed by atoms with E-state index in [2.05, 4.69) is 10.6 Å². The molecule has 3 fully saturated rings. The smallest absolute Gasteiger partial charge is 0.247 e. The summed E-state index contributed by atoms with van der Waals surface area (Å²) in [6, 6.07) is 12.5. The molecule has 35 heavy (non-hydrogen) atoms. The van der Waals surface area contributed by atoms with Crippen LogP contribution in [0.5, 0.6) is 5.75 Å². The summed E-state index contributed by atoms with van der Waals surface area (Å²) in [5.74, 6) is -1.60. The van der Waals surface area contributed by atoms with E-state index in [1.165, 1.54) is 18.1 Å². The highest BCUT2D eigenvalue weighted by molar-refractivity contribution is 6.13. The first-order valence-electron chi connectivity index (χ1n) is 11.6. The van der Waals surface area contributed by atoms with Gasteiger partial charge in [-0.1, -0.05) is 18.2 Å². The molecule has 6 rings (SSSR count). The number of nitriles is 1. The van der Waals surface area contributed by atoms with Crippen LogP contribution in [0.25, 0.3) is 0 Å². The van der Waals surface area contributed by atoms with Gasteiger partial charge in [0.05, 0.1) is 41.8 Å². The van der Waals surface area contributed by atoms with E-state index in [0.29, 0.717) is 35.5 Å². The molecule has 3 amide bonds. The highest BCUT2D eigenvalue weighted by atomic mass is 19.1. The molecule has 2 aliphatic carbocycles. The van der Waals surface area contributed by atoms with Gasteiger partial charge in [-0.3, -0.25) is 14.4 Å². The molecule has 1 spiro atoms. The van der Waals surface area contributed by atoms with Crippen molar-refractivity contribution in [3.8, 4) is 11.8 Å². The van der Waals surface area contributed by atoms with Crippen LogP contribution in [0.2, 0.25) is 0 Å². The largest absolute Gasteiger partial charge is 0.495 e. The van der Waals surface area contributed by atoms with E-state index in [1.54, 1.807) is 18.2 Å². The van der Waals surface area contributed by atoms with Crippen molar-refractivity contribution < 1.29 is 23.5 Å². The maximum absolute atomic E-state index is 14.8. The summed E-state index contributed by atoms with van der Waals surface area (Å²) in [4.78, 5) is 41.5. The van der Waals surface area contributed by atoms with Crippen molar-refractivity contribution in [3.63, 3.8) is 0 Å². The number of anilines is 2. The van der Waals surface area contributed by atoms with Crippen molar-refractivity contribution in [2.24, 2.45) is 11.8 Å². The van der Waals surface area contributed by atoms with Gasteiger partial charge in [-0.15, -0.1) is 0 Å². The molecule has 2 N–H and O–H groups in total. The monoisotopic (exact) mass is 474 g/mol. The van der Waals surface area contributed by atoms with Crippen LogP contribution in [0.4, 0.5) is 15.8 Å². The fraction of sp³-hybridized carbons (Fsp3) is 0.385. The summed E-state index contributed by atoms with van der Waals surface area (Å²) in [6.07, 6.45) is -0.220. The number of hydrogen-bond acceptors (Lipinski definition) is 5. The number of amides is 3. The average Bonchev–Trinajstić information content (AvgIpc) is 3.21. The number of carbonyl (C=O) groups is 3. The quantitative estimate of drug-likeness (QED) is 0.708. The molecule has 6 atom stereocenters. The second-order valence-electron chi connectivity index (χ2n) is 9.75. The lowest BCUT2D eigenvalue weighted by atomic mass is 9.92. The molecule has 0 radical (unpaired) electrons. The molecule has 0 aromatic heterocycles. The lowest BCUT2D eigenvalue weighted by Crippen LogP contribution is -2.55. The van der Waals surface area contributed by atoms with E-state index >= 15 is 0 Å². The number of alkyl halides is 1. The highest BCUT2D eigenvalue weighted by Gasteiger charge is 2.70. The second-order valence-corrected chi connectivity index (χ2v) is 9.75. The standard InChI is InChI=1S/C26H23FN4O4/c1-35-21-8-13(12-28)6-7-19(21)29-23(32)22-14-9-17(27)20(10-14)31(22)24(33)16-11-26(16)15-4-2-3-5-18(15)30-25(26)34/h2-8,14,16-17,20,22H,9-11H2,1H3,(H,29,32)(H,30,34)/t14?,16-,17?,20?,22-,26+/m1/s1. The Labute approximate surface area is 201 Å². The van der Waals surface area contributed by atoms with E-state index < -0.39 is 35.5 Å². The van der Waals surface area contributed by atoms with Gasteiger partial charge >= 0.3 is 0 Å². The van der Waals surface area contributed by atoms with E-state index in [0.717, 1.165) is 5.56 Å². The Hall–Kier alpha value is -3.93. The van der Waals surface area contributed by atoms with Crippen molar-refractivity contribution in [1.82, 2.24) is 4.90 Å². The third-order valence-corrected chi connectivity index (χ3v) is 8.02. The molecule has 2 aromatic carbocycles. The molecular formula is C26H23FN4O4. The number of ether oxygens (including phenoxy) is 1. The zero-order chi connectivity index (χ0) is 24.5. The highest BCUT2D eigenvalue weighted by Crippen LogP contribution is 2.61. The zero-order valence-electron chi connectivity index (χ0n) is 19.0. The van der Waals surface area contributed by atoms with Gasteiger partial charge in [0.2, 0.25) is 17.7 Å². The minimum absolute atomic E-state index is 0.218. The van der Waals surface area contributed by atoms with Crippen LogP contribution in [0.15, 0.2) is 42.5 Å². The van der Waals surface area contributed by atoms with Crippen molar-refractivity contribution in [3.05, 3.63) is 53.6 Å². The van der Waals surface area contributed by atoms with Crippen molar-refractivity contribution in [1.29, 1.82) is 5.26 Å². The normalized spacial score (nSPS) is 31.6. The minimum atomic E-state index is -1.20. The number of fused-ring (bicyclic) bond motifs is 4. The second kappa shape index (κ2) is 7.54. The number of methoxy groups -OCH3 is 1. The summed E-state index contributed by atoms with van der Waals surface area (Å²) in [6.45, 7) is 0. The number of nitrogens with zero attached hydrogens (tertiary/aromatic N) is 2. The summed E-state index contributed by atoms with van der Waals surface area (Å²) in [5, 5.41) is 14.8. The molecule has 2 bridgehead atoms. The number of para-hydroxylation sites is 1. The lowest BCUT2D eigenvalue weighted by Gasteiger charge is -2.36. The summed E-state index contributed by atoms with van der Waals surface area (Å²) in [5.41, 5.74) is 1.29. The number of benzene rings is 2. The Morgan fingerprint density at radius 1 is 1.26 bits per heavy atom. The number of nitrogens with one attached hydrogen (secondary N) is 2. The van der Waals surface area contributed by atoms with Crippen LogP contribution in [0, 0.1) is 23.2 Å². The van der Waals surface area contributed by atoms with Gasteiger partial charge in [-0.05, 0) is 48.9 Å². The number of carbonyl (C=O) groups excluding carboxylic acids is 3. The maximum atomic E-state index is 14.8. The summed E-state index contributed by atoms with van der Waals surface area (Å²) < 4.78 is 20.1. The van der Waals surface area contributed by atoms with Crippen molar-refractivity contribution >= 4 is 29.1 Å². The van der Waals surface area contributed by atoms with Crippen LogP contribution in [-0.2, 0) is 19.8 Å². The number of piperidine rings is 1. The maximum Gasteiger partial charge on any atom is 0.247 e. The van der Waals surface area contributed by atoms with Gasteiger partial charge in [0.25, 0.3) is 0 Å². The van der Waals surface area contributed by atoms with Crippen LogP contribution in [0.3, 0.4) is 0 Å². The average molecular weight is 474 g/mol. The Bertz CT molecular complexity index is 1320. The Morgan fingerprint density at radius 2 is 2.06 bits per heavy atom. The predicted molar refractivity (Wildman–Crippen MR) is 123 cm³/mol. The van der Waals surface area contributed by atoms with Gasteiger partial charge in [-0.25, -0.2) is 4.39 Å². The first-order valence-corrected chi connectivity index (χ1v) is 11.6. The summed E-state index contributed by atoms with van der Waals surface area (Å²) in [7, 11) is 1.43. The van der Waals surface area contributed by atoms with Crippen molar-refractivity contribution in [2.75, 3.05) is 17.7 Å². The SMILES string of the molecule is COc1cc(C#N)ccc1NC(=O)[C@H]1C2CC(F)C(C2)N1C(=O)[C@H]1C[C@@]12C(=O)Nc1ccccc12. The van der Waals surface area contributed by atoms with E-state index in [-0.39, 0.29) is 24.2 Å². The van der Waals surface area contributed by atoms with Crippen LogP contribution in [-0.4, -0.2) is 48.0 Å². The lowest BCUT2D eigenvalue weighted by molar-refractivity contribution is -0.144. The molecule has 4 aliphatic rings. The molecule has 9 heteroatoms. The fourth-order valence-electron chi connectivity index (χ4n) is 6.32. The number of hydrogen-bond donors (Lipinski definition) is 2. The Balaban J connectivity index is 1.28. The topological polar surface area (TPSA) is 112 Å². The van der Waals surface area contributed by atoms with E-state index in [4.69, 9.17) is 10.00 Å². The van der Waals surface area contributed by atoms with Gasteiger partial charge in [-0.2, -0.15) is 5.26 Å². The van der Waals surface area contributed by atoms with Crippen LogP contribution >= 0.6 is 0 Å². The van der Waals surface area contributed by atoms with Gasteiger partial charge in [0.1, 0.15) is 18.0 Å². The van der Waals surface area contributed by atoms with E-state index in [9.17, 15) is 18.8 Å². The van der Waals surface area contributed by atoms with Crippen LogP contribution < -0.4 is 15.4 Å².